The molecule has 5 nitrogen and oxygen atoms in total. The zero-order valence-corrected chi connectivity index (χ0v) is 11.5. The topological polar surface area (TPSA) is 61.7 Å². The molecule has 0 unspecified atom stereocenters. The van der Waals surface area contributed by atoms with Gasteiger partial charge in [0.15, 0.2) is 5.65 Å². The van der Waals surface area contributed by atoms with E-state index in [2.05, 4.69) is 10.1 Å². The molecule has 1 aromatic carbocycles. The van der Waals surface area contributed by atoms with Gasteiger partial charge in [0, 0.05) is 7.05 Å². The molecule has 0 spiro atoms. The van der Waals surface area contributed by atoms with Crippen molar-refractivity contribution in [1.82, 2.24) is 19.3 Å². The Morgan fingerprint density at radius 1 is 1.35 bits per heavy atom. The van der Waals surface area contributed by atoms with Crippen molar-refractivity contribution in [2.75, 3.05) is 5.73 Å². The number of benzene rings is 1. The molecule has 0 atom stereocenters. The Labute approximate surface area is 115 Å². The first kappa shape index (κ1) is 12.7. The molecule has 6 heteroatoms. The Morgan fingerprint density at radius 2 is 2.15 bits per heavy atom. The maximum absolute atomic E-state index is 13.3. The van der Waals surface area contributed by atoms with E-state index in [1.165, 1.54) is 12.1 Å². The summed E-state index contributed by atoms with van der Waals surface area (Å²) in [4.78, 5) is 4.39. The summed E-state index contributed by atoms with van der Waals surface area (Å²) in [7, 11) is 1.87. The molecular formula is C14H16FN5. The molecule has 3 rings (SSSR count). The van der Waals surface area contributed by atoms with Gasteiger partial charge in [0.05, 0.1) is 12.2 Å². The Hall–Kier alpha value is -2.37. The average molecular weight is 273 g/mol. The normalized spacial score (nSPS) is 11.3. The second-order valence-electron chi connectivity index (χ2n) is 4.78. The third-order valence-electron chi connectivity index (χ3n) is 3.39. The first-order valence-corrected chi connectivity index (χ1v) is 6.52. The van der Waals surface area contributed by atoms with Gasteiger partial charge in [0.2, 0.25) is 5.95 Å². The molecule has 2 aromatic heterocycles. The van der Waals surface area contributed by atoms with Crippen molar-refractivity contribution < 1.29 is 4.39 Å². The minimum absolute atomic E-state index is 0.253. The highest BCUT2D eigenvalue weighted by Crippen LogP contribution is 2.22. The van der Waals surface area contributed by atoms with Gasteiger partial charge in [-0.25, -0.2) is 9.37 Å². The molecule has 104 valence electrons. The van der Waals surface area contributed by atoms with Crippen LogP contribution >= 0.6 is 0 Å². The lowest BCUT2D eigenvalue weighted by Crippen LogP contribution is -2.08. The summed E-state index contributed by atoms with van der Waals surface area (Å²) in [5, 5.41) is 4.43. The van der Waals surface area contributed by atoms with Crippen molar-refractivity contribution in [2.45, 2.75) is 19.9 Å². The zero-order chi connectivity index (χ0) is 14.3. The van der Waals surface area contributed by atoms with E-state index in [1.807, 2.05) is 24.6 Å². The smallest absolute Gasteiger partial charge is 0.202 e. The van der Waals surface area contributed by atoms with Crippen molar-refractivity contribution in [3.63, 3.8) is 0 Å². The van der Waals surface area contributed by atoms with Gasteiger partial charge in [-0.2, -0.15) is 5.10 Å². The predicted molar refractivity (Wildman–Crippen MR) is 75.8 cm³/mol. The highest BCUT2D eigenvalue weighted by molar-refractivity contribution is 5.77. The molecule has 2 heterocycles. The zero-order valence-electron chi connectivity index (χ0n) is 11.5. The highest BCUT2D eigenvalue weighted by Gasteiger charge is 2.17. The van der Waals surface area contributed by atoms with Gasteiger partial charge in [-0.3, -0.25) is 9.25 Å². The second-order valence-corrected chi connectivity index (χ2v) is 4.78. The summed E-state index contributed by atoms with van der Waals surface area (Å²) in [5.74, 6) is 0.170. The molecule has 0 fully saturated rings. The van der Waals surface area contributed by atoms with Crippen LogP contribution in [0.15, 0.2) is 24.3 Å². The molecule has 0 aliphatic carbocycles. The summed E-state index contributed by atoms with van der Waals surface area (Å²) >= 11 is 0. The van der Waals surface area contributed by atoms with E-state index >= 15 is 0 Å². The summed E-state index contributed by atoms with van der Waals surface area (Å²) in [6, 6.07) is 6.49. The summed E-state index contributed by atoms with van der Waals surface area (Å²) in [6.07, 6.45) is 0.799. The molecule has 3 aromatic rings. The number of anilines is 1. The van der Waals surface area contributed by atoms with Crippen molar-refractivity contribution in [2.24, 2.45) is 7.05 Å². The van der Waals surface area contributed by atoms with Gasteiger partial charge in [0.1, 0.15) is 11.3 Å². The molecule has 0 saturated carbocycles. The third-order valence-corrected chi connectivity index (χ3v) is 3.39. The molecule has 0 radical (unpaired) electrons. The fourth-order valence-corrected chi connectivity index (χ4v) is 2.47. The van der Waals surface area contributed by atoms with Crippen LogP contribution in [0.2, 0.25) is 0 Å². The Morgan fingerprint density at radius 3 is 2.85 bits per heavy atom. The molecule has 0 saturated heterocycles. The number of nitrogens with zero attached hydrogens (tertiary/aromatic N) is 4. The summed E-state index contributed by atoms with van der Waals surface area (Å²) in [6.45, 7) is 2.51. The number of nitrogen functional groups attached to an aromatic ring is 1. The van der Waals surface area contributed by atoms with Gasteiger partial charge in [-0.1, -0.05) is 19.1 Å². The van der Waals surface area contributed by atoms with Gasteiger partial charge in [-0.15, -0.1) is 0 Å². The lowest BCUT2D eigenvalue weighted by atomic mass is 10.2. The minimum Gasteiger partial charge on any atom is -0.369 e. The van der Waals surface area contributed by atoms with Crippen LogP contribution in [0.25, 0.3) is 11.2 Å². The van der Waals surface area contributed by atoms with Crippen LogP contribution < -0.4 is 5.73 Å². The Kier molecular flexibility index (Phi) is 2.93. The number of hydrogen-bond donors (Lipinski definition) is 1. The van der Waals surface area contributed by atoms with Crippen LogP contribution in [0.5, 0.6) is 0 Å². The number of halogens is 1. The van der Waals surface area contributed by atoms with E-state index in [1.54, 1.807) is 10.7 Å². The van der Waals surface area contributed by atoms with E-state index in [0.29, 0.717) is 12.5 Å². The van der Waals surface area contributed by atoms with E-state index < -0.39 is 0 Å². The highest BCUT2D eigenvalue weighted by atomic mass is 19.1. The maximum Gasteiger partial charge on any atom is 0.202 e. The van der Waals surface area contributed by atoms with Crippen LogP contribution in [0.1, 0.15) is 18.2 Å². The van der Waals surface area contributed by atoms with Crippen molar-refractivity contribution >= 4 is 17.1 Å². The molecule has 0 amide bonds. The van der Waals surface area contributed by atoms with Crippen molar-refractivity contribution in [3.8, 4) is 0 Å². The van der Waals surface area contributed by atoms with Crippen LogP contribution in [0.3, 0.4) is 0 Å². The lowest BCUT2D eigenvalue weighted by Gasteiger charge is -2.07. The molecular weight excluding hydrogens is 257 g/mol. The largest absolute Gasteiger partial charge is 0.369 e. The average Bonchev–Trinajstić information content (AvgIpc) is 2.88. The molecule has 0 bridgehead atoms. The molecule has 20 heavy (non-hydrogen) atoms. The van der Waals surface area contributed by atoms with E-state index in [-0.39, 0.29) is 5.82 Å². The minimum atomic E-state index is -0.253. The van der Waals surface area contributed by atoms with Crippen LogP contribution in [0, 0.1) is 5.82 Å². The van der Waals surface area contributed by atoms with Gasteiger partial charge >= 0.3 is 0 Å². The number of hydrogen-bond acceptors (Lipinski definition) is 3. The van der Waals surface area contributed by atoms with Gasteiger partial charge in [-0.05, 0) is 24.1 Å². The number of aromatic nitrogens is 4. The number of fused-ring (bicyclic) bond motifs is 1. The lowest BCUT2D eigenvalue weighted by molar-refractivity contribution is 0.623. The monoisotopic (exact) mass is 273 g/mol. The Bertz CT molecular complexity index is 771. The van der Waals surface area contributed by atoms with Crippen molar-refractivity contribution in [1.29, 1.82) is 0 Å². The van der Waals surface area contributed by atoms with E-state index in [4.69, 9.17) is 5.73 Å². The quantitative estimate of drug-likeness (QED) is 0.795. The SMILES string of the molecule is CCc1nn(C)c2c1nc(N)n2Cc1cccc(F)c1. The predicted octanol–water partition coefficient (Wildman–Crippen LogP) is 2.10. The van der Waals surface area contributed by atoms with Crippen LogP contribution in [0.4, 0.5) is 10.3 Å². The first-order valence-electron chi connectivity index (χ1n) is 6.52. The fraction of sp³-hybridized carbons (Fsp3) is 0.286. The Balaban J connectivity index is 2.11. The molecule has 0 aliphatic rings. The summed E-state index contributed by atoms with van der Waals surface area (Å²) < 4.78 is 16.9. The summed E-state index contributed by atoms with van der Waals surface area (Å²) in [5.41, 5.74) is 9.45. The standard InChI is InChI=1S/C14H16FN5/c1-3-11-12-13(19(2)18-11)20(14(16)17-12)8-9-5-4-6-10(15)7-9/h4-7H,3,8H2,1-2H3,(H2,16,17). The van der Waals surface area contributed by atoms with Crippen LogP contribution in [-0.4, -0.2) is 19.3 Å². The first-order chi connectivity index (χ1) is 9.60. The van der Waals surface area contributed by atoms with Crippen LogP contribution in [-0.2, 0) is 20.0 Å². The maximum atomic E-state index is 13.3. The number of aryl methyl sites for hydroxylation is 2. The molecule has 2 N–H and O–H groups in total. The fourth-order valence-electron chi connectivity index (χ4n) is 2.47. The number of imidazole rings is 1. The van der Waals surface area contributed by atoms with Gasteiger partial charge in [0.25, 0.3) is 0 Å². The van der Waals surface area contributed by atoms with Crippen molar-refractivity contribution in [3.05, 3.63) is 41.3 Å². The second kappa shape index (κ2) is 4.63. The number of rotatable bonds is 3. The molecule has 0 aliphatic heterocycles. The third kappa shape index (κ3) is 1.93. The van der Waals surface area contributed by atoms with E-state index in [0.717, 1.165) is 28.8 Å². The van der Waals surface area contributed by atoms with E-state index in [9.17, 15) is 4.39 Å². The van der Waals surface area contributed by atoms with Gasteiger partial charge < -0.3 is 5.73 Å². The number of nitrogens with two attached hydrogens (primary N) is 1.